The van der Waals surface area contributed by atoms with Crippen LogP contribution in [0.2, 0.25) is 0 Å². The molecule has 4 nitrogen and oxygen atoms in total. The van der Waals surface area contributed by atoms with Crippen LogP contribution in [-0.2, 0) is 4.79 Å². The summed E-state index contributed by atoms with van der Waals surface area (Å²) in [5.41, 5.74) is 3.79. The Balaban J connectivity index is 2.56. The Morgan fingerprint density at radius 3 is 2.50 bits per heavy atom. The molecule has 1 rings (SSSR count). The number of rotatable bonds is 5. The Morgan fingerprint density at radius 2 is 1.94 bits per heavy atom. The topological polar surface area (TPSA) is 61.7 Å². The van der Waals surface area contributed by atoms with Gasteiger partial charge in [-0.15, -0.1) is 0 Å². The van der Waals surface area contributed by atoms with Crippen molar-refractivity contribution >= 4 is 11.6 Å². The van der Waals surface area contributed by atoms with Gasteiger partial charge in [-0.2, -0.15) is 5.10 Å². The van der Waals surface area contributed by atoms with Gasteiger partial charge in [0.15, 0.2) is 6.10 Å². The SMILES string of the molecule is CC(CC(C)C)=NNC(=O)C(O)c1ccccc1. The molecule has 0 spiro atoms. The van der Waals surface area contributed by atoms with Gasteiger partial charge in [0.2, 0.25) is 0 Å². The van der Waals surface area contributed by atoms with E-state index in [1.165, 1.54) is 0 Å². The van der Waals surface area contributed by atoms with Crippen molar-refractivity contribution in [3.05, 3.63) is 35.9 Å². The fourth-order valence-corrected chi connectivity index (χ4v) is 1.63. The number of aliphatic hydroxyl groups excluding tert-OH is 1. The molecule has 4 heteroatoms. The van der Waals surface area contributed by atoms with Gasteiger partial charge in [0.25, 0.3) is 5.91 Å². The molecule has 0 aliphatic carbocycles. The van der Waals surface area contributed by atoms with Crippen molar-refractivity contribution in [3.8, 4) is 0 Å². The lowest BCUT2D eigenvalue weighted by Crippen LogP contribution is -2.26. The number of hydrogen-bond donors (Lipinski definition) is 2. The van der Waals surface area contributed by atoms with Crippen LogP contribution in [0.5, 0.6) is 0 Å². The van der Waals surface area contributed by atoms with Crippen LogP contribution in [0, 0.1) is 5.92 Å². The lowest BCUT2D eigenvalue weighted by Gasteiger charge is -2.10. The summed E-state index contributed by atoms with van der Waals surface area (Å²) in [7, 11) is 0. The van der Waals surface area contributed by atoms with Crippen LogP contribution < -0.4 is 5.43 Å². The fourth-order valence-electron chi connectivity index (χ4n) is 1.63. The second kappa shape index (κ2) is 6.91. The van der Waals surface area contributed by atoms with Crippen molar-refractivity contribution in [2.24, 2.45) is 11.0 Å². The standard InChI is InChI=1S/C14H20N2O2/c1-10(2)9-11(3)15-16-14(18)13(17)12-7-5-4-6-8-12/h4-8,10,13,17H,9H2,1-3H3,(H,16,18). The molecular formula is C14H20N2O2. The fraction of sp³-hybridized carbons (Fsp3) is 0.429. The van der Waals surface area contributed by atoms with Gasteiger partial charge >= 0.3 is 0 Å². The molecule has 0 bridgehead atoms. The maximum Gasteiger partial charge on any atom is 0.273 e. The van der Waals surface area contributed by atoms with Gasteiger partial charge in [-0.25, -0.2) is 5.43 Å². The number of nitrogens with zero attached hydrogens (tertiary/aromatic N) is 1. The lowest BCUT2D eigenvalue weighted by molar-refractivity contribution is -0.129. The normalized spacial score (nSPS) is 13.5. The number of hydrogen-bond acceptors (Lipinski definition) is 3. The largest absolute Gasteiger partial charge is 0.378 e. The maximum absolute atomic E-state index is 11.7. The van der Waals surface area contributed by atoms with Gasteiger partial charge in [0.05, 0.1) is 0 Å². The summed E-state index contributed by atoms with van der Waals surface area (Å²) < 4.78 is 0. The highest BCUT2D eigenvalue weighted by Crippen LogP contribution is 2.11. The third-order valence-corrected chi connectivity index (χ3v) is 2.42. The Labute approximate surface area is 108 Å². The molecule has 1 atom stereocenters. The van der Waals surface area contributed by atoms with Gasteiger partial charge in [0, 0.05) is 5.71 Å². The first-order valence-electron chi connectivity index (χ1n) is 6.06. The number of nitrogens with one attached hydrogen (secondary N) is 1. The number of benzene rings is 1. The van der Waals surface area contributed by atoms with Crippen LogP contribution in [-0.4, -0.2) is 16.7 Å². The molecule has 0 heterocycles. The van der Waals surface area contributed by atoms with Crippen molar-refractivity contribution in [1.29, 1.82) is 0 Å². The third kappa shape index (κ3) is 4.67. The van der Waals surface area contributed by atoms with Crippen LogP contribution in [0.4, 0.5) is 0 Å². The average molecular weight is 248 g/mol. The Kier molecular flexibility index (Phi) is 5.52. The molecule has 2 N–H and O–H groups in total. The quantitative estimate of drug-likeness (QED) is 0.620. The van der Waals surface area contributed by atoms with Crippen molar-refractivity contribution in [2.75, 3.05) is 0 Å². The highest BCUT2D eigenvalue weighted by atomic mass is 16.3. The lowest BCUT2D eigenvalue weighted by atomic mass is 10.1. The molecule has 0 radical (unpaired) electrons. The molecule has 1 amide bonds. The van der Waals surface area contributed by atoms with E-state index in [-0.39, 0.29) is 0 Å². The zero-order valence-corrected chi connectivity index (χ0v) is 11.1. The summed E-state index contributed by atoms with van der Waals surface area (Å²) in [5, 5.41) is 13.8. The predicted octanol–water partition coefficient (Wildman–Crippen LogP) is 2.26. The first-order chi connectivity index (χ1) is 8.50. The number of carbonyl (C=O) groups excluding carboxylic acids is 1. The Bertz CT molecular complexity index is 413. The van der Waals surface area contributed by atoms with Gasteiger partial charge < -0.3 is 5.11 Å². The molecule has 0 saturated carbocycles. The summed E-state index contributed by atoms with van der Waals surface area (Å²) in [6.45, 7) is 6.02. The maximum atomic E-state index is 11.7. The summed E-state index contributed by atoms with van der Waals surface area (Å²) in [4.78, 5) is 11.7. The van der Waals surface area contributed by atoms with E-state index in [2.05, 4.69) is 24.4 Å². The Hall–Kier alpha value is -1.68. The zero-order valence-electron chi connectivity index (χ0n) is 11.1. The second-order valence-electron chi connectivity index (χ2n) is 4.73. The van der Waals surface area contributed by atoms with Gasteiger partial charge in [-0.05, 0) is 24.8 Å². The van der Waals surface area contributed by atoms with E-state index in [0.29, 0.717) is 11.5 Å². The minimum absolute atomic E-state index is 0.490. The molecule has 0 aliphatic heterocycles. The molecule has 1 aromatic rings. The van der Waals surface area contributed by atoms with Crippen molar-refractivity contribution < 1.29 is 9.90 Å². The van der Waals surface area contributed by atoms with E-state index in [1.807, 2.05) is 13.0 Å². The molecule has 0 aromatic heterocycles. The van der Waals surface area contributed by atoms with Crippen LogP contribution in [0.1, 0.15) is 38.9 Å². The molecule has 98 valence electrons. The molecule has 0 saturated heterocycles. The first-order valence-corrected chi connectivity index (χ1v) is 6.06. The van der Waals surface area contributed by atoms with Gasteiger partial charge in [0.1, 0.15) is 0 Å². The summed E-state index contributed by atoms with van der Waals surface area (Å²) in [6.07, 6.45) is -0.358. The highest BCUT2D eigenvalue weighted by Gasteiger charge is 2.16. The number of amides is 1. The molecule has 1 unspecified atom stereocenters. The third-order valence-electron chi connectivity index (χ3n) is 2.42. The van der Waals surface area contributed by atoms with Crippen LogP contribution in [0.25, 0.3) is 0 Å². The van der Waals surface area contributed by atoms with Crippen LogP contribution in [0.3, 0.4) is 0 Å². The first kappa shape index (κ1) is 14.4. The molecule has 1 aromatic carbocycles. The average Bonchev–Trinajstić information content (AvgIpc) is 2.35. The monoisotopic (exact) mass is 248 g/mol. The zero-order chi connectivity index (χ0) is 13.5. The second-order valence-corrected chi connectivity index (χ2v) is 4.73. The summed E-state index contributed by atoms with van der Waals surface area (Å²) in [5.74, 6) is -0.0194. The van der Waals surface area contributed by atoms with E-state index in [0.717, 1.165) is 12.1 Å². The van der Waals surface area contributed by atoms with E-state index in [9.17, 15) is 9.90 Å². The molecular weight excluding hydrogens is 228 g/mol. The predicted molar refractivity (Wildman–Crippen MR) is 72.1 cm³/mol. The minimum Gasteiger partial charge on any atom is -0.378 e. The van der Waals surface area contributed by atoms with E-state index < -0.39 is 12.0 Å². The summed E-state index contributed by atoms with van der Waals surface area (Å²) >= 11 is 0. The van der Waals surface area contributed by atoms with Crippen LogP contribution >= 0.6 is 0 Å². The highest BCUT2D eigenvalue weighted by molar-refractivity contribution is 5.86. The van der Waals surface area contributed by atoms with Crippen molar-refractivity contribution in [2.45, 2.75) is 33.3 Å². The summed E-state index contributed by atoms with van der Waals surface area (Å²) in [6, 6.07) is 8.79. The van der Waals surface area contributed by atoms with E-state index in [4.69, 9.17) is 0 Å². The van der Waals surface area contributed by atoms with Gasteiger partial charge in [-0.3, -0.25) is 4.79 Å². The number of aliphatic hydroxyl groups is 1. The molecule has 18 heavy (non-hydrogen) atoms. The van der Waals surface area contributed by atoms with Crippen molar-refractivity contribution in [1.82, 2.24) is 5.43 Å². The molecule has 0 aliphatic rings. The Morgan fingerprint density at radius 1 is 1.33 bits per heavy atom. The van der Waals surface area contributed by atoms with Crippen LogP contribution in [0.15, 0.2) is 35.4 Å². The smallest absolute Gasteiger partial charge is 0.273 e. The molecule has 0 fully saturated rings. The van der Waals surface area contributed by atoms with E-state index in [1.54, 1.807) is 24.3 Å². The minimum atomic E-state index is -1.18. The van der Waals surface area contributed by atoms with E-state index >= 15 is 0 Å². The van der Waals surface area contributed by atoms with Gasteiger partial charge in [-0.1, -0.05) is 44.2 Å². The number of carbonyl (C=O) groups is 1. The van der Waals surface area contributed by atoms with Crippen molar-refractivity contribution in [3.63, 3.8) is 0 Å². The number of hydrazone groups is 1.